The van der Waals surface area contributed by atoms with Gasteiger partial charge in [-0.2, -0.15) is 10.2 Å². The lowest BCUT2D eigenvalue weighted by Crippen LogP contribution is -2.19. The van der Waals surface area contributed by atoms with E-state index in [1.54, 1.807) is 48.7 Å². The van der Waals surface area contributed by atoms with Gasteiger partial charge in [0.25, 0.3) is 17.3 Å². The molecule has 0 aliphatic rings. The van der Waals surface area contributed by atoms with Crippen molar-refractivity contribution >= 4 is 39.4 Å². The van der Waals surface area contributed by atoms with Crippen LogP contribution in [0.1, 0.15) is 27.2 Å². The highest BCUT2D eigenvalue weighted by atomic mass is 79.9. The number of non-ortho nitro benzene ring substituents is 2. The highest BCUT2D eigenvalue weighted by Crippen LogP contribution is 2.28. The van der Waals surface area contributed by atoms with Gasteiger partial charge in [0.2, 0.25) is 0 Å². The van der Waals surface area contributed by atoms with Gasteiger partial charge in [0.1, 0.15) is 6.61 Å². The van der Waals surface area contributed by atoms with Crippen LogP contribution in [-0.4, -0.2) is 38.9 Å². The maximum atomic E-state index is 12.6. The maximum Gasteiger partial charge on any atom is 0.293 e. The van der Waals surface area contributed by atoms with Gasteiger partial charge in [0.05, 0.1) is 34.2 Å². The number of methoxy groups -OCH3 is 1. The Balaban J connectivity index is 1.37. The Labute approximate surface area is 235 Å². The van der Waals surface area contributed by atoms with Gasteiger partial charge in [-0.05, 0) is 63.0 Å². The number of halogens is 1. The first-order valence-corrected chi connectivity index (χ1v) is 12.4. The van der Waals surface area contributed by atoms with Crippen molar-refractivity contribution < 1.29 is 24.1 Å². The Bertz CT molecular complexity index is 1570. The van der Waals surface area contributed by atoms with E-state index in [0.29, 0.717) is 28.1 Å². The average Bonchev–Trinajstić information content (AvgIpc) is 3.32. The minimum Gasteiger partial charge on any atom is -0.493 e. The molecule has 1 N–H and O–H groups in total. The Hall–Kier alpha value is -5.11. The van der Waals surface area contributed by atoms with Crippen molar-refractivity contribution in [3.8, 4) is 11.5 Å². The zero-order valence-corrected chi connectivity index (χ0v) is 22.5. The fourth-order valence-corrected chi connectivity index (χ4v) is 4.02. The number of amides is 1. The highest BCUT2D eigenvalue weighted by molar-refractivity contribution is 9.10. The number of carbonyl (C=O) groups excluding carboxylic acids is 1. The normalized spacial score (nSPS) is 10.8. The van der Waals surface area contributed by atoms with E-state index in [1.165, 1.54) is 42.3 Å². The number of rotatable bonds is 11. The number of aromatic nitrogens is 2. The molecule has 14 heteroatoms. The summed E-state index contributed by atoms with van der Waals surface area (Å²) in [5.41, 5.74) is 4.64. The van der Waals surface area contributed by atoms with Gasteiger partial charge in [0, 0.05) is 30.5 Å². The van der Waals surface area contributed by atoms with Crippen molar-refractivity contribution in [1.82, 2.24) is 15.2 Å². The number of nitrogens with one attached hydrogen (secondary N) is 1. The second-order valence-corrected chi connectivity index (χ2v) is 9.12. The van der Waals surface area contributed by atoms with Crippen LogP contribution in [0.15, 0.2) is 82.5 Å². The quantitative estimate of drug-likeness (QED) is 0.143. The summed E-state index contributed by atoms with van der Waals surface area (Å²) in [5, 5.41) is 29.9. The fourth-order valence-electron chi connectivity index (χ4n) is 3.52. The third-order valence-corrected chi connectivity index (χ3v) is 6.11. The molecule has 0 saturated carbocycles. The van der Waals surface area contributed by atoms with E-state index in [4.69, 9.17) is 9.47 Å². The Morgan fingerprint density at radius 2 is 1.62 bits per heavy atom. The predicted molar refractivity (Wildman–Crippen MR) is 148 cm³/mol. The van der Waals surface area contributed by atoms with Crippen LogP contribution in [0.2, 0.25) is 0 Å². The van der Waals surface area contributed by atoms with E-state index in [-0.39, 0.29) is 23.7 Å². The number of hydrogen-bond donors (Lipinski definition) is 1. The van der Waals surface area contributed by atoms with Crippen molar-refractivity contribution in [1.29, 1.82) is 0 Å². The molecule has 0 unspecified atom stereocenters. The molecule has 4 aromatic rings. The predicted octanol–water partition coefficient (Wildman–Crippen LogP) is 4.86. The van der Waals surface area contributed by atoms with Crippen molar-refractivity contribution in [3.63, 3.8) is 0 Å². The molecular formula is C26H21BrN6O7. The van der Waals surface area contributed by atoms with Gasteiger partial charge in [-0.3, -0.25) is 29.7 Å². The van der Waals surface area contributed by atoms with Gasteiger partial charge >= 0.3 is 0 Å². The second-order valence-electron chi connectivity index (χ2n) is 8.27. The number of nitro groups is 2. The lowest BCUT2D eigenvalue weighted by atomic mass is 10.2. The molecule has 13 nitrogen and oxygen atoms in total. The molecule has 1 heterocycles. The first kappa shape index (κ1) is 27.9. The number of nitrogens with zero attached hydrogens (tertiary/aromatic N) is 5. The molecule has 4 rings (SSSR count). The first-order chi connectivity index (χ1) is 19.2. The average molecular weight is 609 g/mol. The van der Waals surface area contributed by atoms with Crippen LogP contribution >= 0.6 is 15.9 Å². The zero-order chi connectivity index (χ0) is 28.6. The second kappa shape index (κ2) is 12.6. The molecule has 0 spiro atoms. The summed E-state index contributed by atoms with van der Waals surface area (Å²) >= 11 is 3.32. The van der Waals surface area contributed by atoms with Crippen LogP contribution in [-0.2, 0) is 13.2 Å². The Morgan fingerprint density at radius 1 is 1.00 bits per heavy atom. The van der Waals surface area contributed by atoms with Crippen LogP contribution < -0.4 is 14.9 Å². The molecule has 0 aliphatic heterocycles. The summed E-state index contributed by atoms with van der Waals surface area (Å²) in [6.45, 7) is 0.462. The Kier molecular flexibility index (Phi) is 8.81. The largest absolute Gasteiger partial charge is 0.493 e. The van der Waals surface area contributed by atoms with E-state index >= 15 is 0 Å². The van der Waals surface area contributed by atoms with E-state index in [2.05, 4.69) is 31.6 Å². The van der Waals surface area contributed by atoms with Crippen molar-refractivity contribution in [2.75, 3.05) is 7.11 Å². The van der Waals surface area contributed by atoms with E-state index in [1.807, 2.05) is 0 Å². The van der Waals surface area contributed by atoms with Crippen molar-refractivity contribution in [2.45, 2.75) is 13.2 Å². The molecule has 0 bridgehead atoms. The molecule has 1 amide bonds. The number of benzene rings is 3. The number of hydrazone groups is 1. The Morgan fingerprint density at radius 3 is 2.23 bits per heavy atom. The van der Waals surface area contributed by atoms with E-state index in [9.17, 15) is 25.0 Å². The maximum absolute atomic E-state index is 12.6. The van der Waals surface area contributed by atoms with Crippen LogP contribution in [0.3, 0.4) is 0 Å². The summed E-state index contributed by atoms with van der Waals surface area (Å²) in [6, 6.07) is 17.2. The molecule has 1 aromatic heterocycles. The summed E-state index contributed by atoms with van der Waals surface area (Å²) < 4.78 is 13.2. The summed E-state index contributed by atoms with van der Waals surface area (Å²) in [4.78, 5) is 33.3. The smallest absolute Gasteiger partial charge is 0.293 e. The molecule has 0 aliphatic carbocycles. The molecule has 0 atom stereocenters. The number of ether oxygens (including phenoxy) is 2. The lowest BCUT2D eigenvalue weighted by molar-refractivity contribution is -0.385. The monoisotopic (exact) mass is 608 g/mol. The number of hydrogen-bond acceptors (Lipinski definition) is 9. The van der Waals surface area contributed by atoms with Crippen molar-refractivity contribution in [3.05, 3.63) is 120 Å². The number of nitro benzene ring substituents is 2. The van der Waals surface area contributed by atoms with Gasteiger partial charge < -0.3 is 9.47 Å². The molecular weight excluding hydrogens is 588 g/mol. The molecule has 0 saturated heterocycles. The minimum atomic E-state index is -0.547. The molecule has 204 valence electrons. The zero-order valence-electron chi connectivity index (χ0n) is 20.9. The summed E-state index contributed by atoms with van der Waals surface area (Å²) in [6.07, 6.45) is 3.05. The fraction of sp³-hybridized carbons (Fsp3) is 0.115. The van der Waals surface area contributed by atoms with Gasteiger partial charge in [-0.15, -0.1) is 0 Å². The van der Waals surface area contributed by atoms with Gasteiger partial charge in [-0.25, -0.2) is 5.43 Å². The van der Waals surface area contributed by atoms with E-state index in [0.717, 1.165) is 11.1 Å². The van der Waals surface area contributed by atoms with Crippen LogP contribution in [0, 0.1) is 20.2 Å². The van der Waals surface area contributed by atoms with Crippen molar-refractivity contribution in [2.24, 2.45) is 5.10 Å². The summed E-state index contributed by atoms with van der Waals surface area (Å²) in [7, 11) is 1.50. The highest BCUT2D eigenvalue weighted by Gasteiger charge is 2.15. The molecule has 0 radical (unpaired) electrons. The lowest BCUT2D eigenvalue weighted by Gasteiger charge is -2.11. The van der Waals surface area contributed by atoms with Crippen LogP contribution in [0.4, 0.5) is 11.4 Å². The third-order valence-electron chi connectivity index (χ3n) is 5.53. The standard InChI is InChI=1S/C26H21BrN6O7/c1-39-23-11-6-19(12-24(23)40-16-18-4-9-21(10-5-18)33(37)38)13-28-29-26(34)25-22(27)15-31(30-25)14-17-2-7-20(8-3-17)32(35)36/h2-13,15H,14,16H2,1H3,(H,29,34)/b28-13+. The first-order valence-electron chi connectivity index (χ1n) is 11.6. The van der Waals surface area contributed by atoms with Gasteiger partial charge in [0.15, 0.2) is 17.2 Å². The SMILES string of the molecule is COc1ccc(/C=N/NC(=O)c2nn(Cc3ccc([N+](=O)[O-])cc3)cc2Br)cc1OCc1ccc([N+](=O)[O-])cc1. The molecule has 40 heavy (non-hydrogen) atoms. The van der Waals surface area contributed by atoms with Crippen LogP contribution in [0.25, 0.3) is 0 Å². The topological polar surface area (TPSA) is 164 Å². The summed E-state index contributed by atoms with van der Waals surface area (Å²) in [5.74, 6) is 0.350. The van der Waals surface area contributed by atoms with Gasteiger partial charge in [-0.1, -0.05) is 12.1 Å². The van der Waals surface area contributed by atoms with Crippen LogP contribution in [0.5, 0.6) is 11.5 Å². The number of carbonyl (C=O) groups is 1. The van der Waals surface area contributed by atoms with E-state index < -0.39 is 15.8 Å². The minimum absolute atomic E-state index is 0.00938. The molecule has 3 aromatic carbocycles. The molecule has 0 fully saturated rings. The third kappa shape index (κ3) is 7.05.